The van der Waals surface area contributed by atoms with Gasteiger partial charge in [0, 0.05) is 11.6 Å². The number of benzene rings is 1. The Kier molecular flexibility index (Phi) is 5.05. The first-order chi connectivity index (χ1) is 7.15. The summed E-state index contributed by atoms with van der Waals surface area (Å²) in [6, 6.07) is 6.57. The van der Waals surface area contributed by atoms with Crippen molar-refractivity contribution in [2.45, 2.75) is 19.1 Å². The smallest absolute Gasteiger partial charge is 0.0963 e. The molecule has 0 saturated carbocycles. The van der Waals surface area contributed by atoms with Gasteiger partial charge >= 0.3 is 0 Å². The van der Waals surface area contributed by atoms with Gasteiger partial charge in [0.15, 0.2) is 0 Å². The minimum atomic E-state index is -0.714. The van der Waals surface area contributed by atoms with Crippen molar-refractivity contribution in [2.75, 3.05) is 13.2 Å². The summed E-state index contributed by atoms with van der Waals surface area (Å²) in [5.74, 6) is 0. The molecule has 0 aliphatic heterocycles. The van der Waals surface area contributed by atoms with E-state index in [0.29, 0.717) is 18.2 Å². The lowest BCUT2D eigenvalue weighted by molar-refractivity contribution is 0.0681. The van der Waals surface area contributed by atoms with Gasteiger partial charge in [-0.2, -0.15) is 0 Å². The highest BCUT2D eigenvalue weighted by Gasteiger charge is 2.16. The molecule has 0 spiro atoms. The third-order valence-electron chi connectivity index (χ3n) is 2.13. The molecule has 0 aromatic heterocycles. The number of hydrogen-bond donors (Lipinski definition) is 2. The van der Waals surface area contributed by atoms with Gasteiger partial charge < -0.3 is 15.6 Å². The minimum Gasteiger partial charge on any atom is -0.387 e. The predicted molar refractivity (Wildman–Crippen MR) is 60.9 cm³/mol. The van der Waals surface area contributed by atoms with Gasteiger partial charge in [0.05, 0.1) is 18.8 Å². The van der Waals surface area contributed by atoms with Crippen LogP contribution in [0.3, 0.4) is 0 Å². The summed E-state index contributed by atoms with van der Waals surface area (Å²) in [6.07, 6.45) is -0.714. The van der Waals surface area contributed by atoms with Gasteiger partial charge in [-0.15, -0.1) is 0 Å². The van der Waals surface area contributed by atoms with Crippen LogP contribution in [-0.4, -0.2) is 24.4 Å². The topological polar surface area (TPSA) is 55.5 Å². The lowest BCUT2D eigenvalue weighted by atomic mass is 10.0. The molecule has 1 aromatic carbocycles. The van der Waals surface area contributed by atoms with E-state index in [1.165, 1.54) is 0 Å². The molecule has 0 amide bonds. The first-order valence-corrected chi connectivity index (χ1v) is 5.29. The molecule has 3 N–H and O–H groups in total. The molecule has 0 heterocycles. The largest absolute Gasteiger partial charge is 0.387 e. The van der Waals surface area contributed by atoms with Crippen LogP contribution in [-0.2, 0) is 4.74 Å². The quantitative estimate of drug-likeness (QED) is 0.809. The van der Waals surface area contributed by atoms with E-state index >= 15 is 0 Å². The van der Waals surface area contributed by atoms with E-state index in [-0.39, 0.29) is 0 Å². The Hall–Kier alpha value is -0.610. The van der Waals surface area contributed by atoms with Crippen molar-refractivity contribution in [3.8, 4) is 0 Å². The molecular weight excluding hydrogens is 214 g/mol. The predicted octanol–water partition coefficient (Wildman–Crippen LogP) is 1.74. The number of halogens is 1. The number of rotatable bonds is 5. The maximum atomic E-state index is 9.86. The van der Waals surface area contributed by atoms with Crippen LogP contribution < -0.4 is 5.73 Å². The van der Waals surface area contributed by atoms with Gasteiger partial charge in [0.25, 0.3) is 0 Å². The Labute approximate surface area is 94.8 Å². The molecule has 1 aromatic rings. The fraction of sp³-hybridized carbons (Fsp3) is 0.455. The highest BCUT2D eigenvalue weighted by Crippen LogP contribution is 2.18. The monoisotopic (exact) mass is 229 g/mol. The maximum absolute atomic E-state index is 9.86. The van der Waals surface area contributed by atoms with E-state index in [9.17, 15) is 5.11 Å². The zero-order chi connectivity index (χ0) is 11.3. The summed E-state index contributed by atoms with van der Waals surface area (Å²) in [6.45, 7) is 2.84. The molecule has 0 aliphatic carbocycles. The van der Waals surface area contributed by atoms with E-state index in [0.717, 1.165) is 5.56 Å². The number of aliphatic hydroxyl groups excluding tert-OH is 1. The SMILES string of the molecule is CCOCC(N)C(O)c1ccc(Cl)cc1. The van der Waals surface area contributed by atoms with Crippen LogP contribution in [0.5, 0.6) is 0 Å². The number of nitrogens with two attached hydrogens (primary N) is 1. The Bertz CT molecular complexity index is 289. The highest BCUT2D eigenvalue weighted by atomic mass is 35.5. The van der Waals surface area contributed by atoms with Gasteiger partial charge in [-0.3, -0.25) is 0 Å². The van der Waals surface area contributed by atoms with E-state index in [2.05, 4.69) is 0 Å². The van der Waals surface area contributed by atoms with Crippen LogP contribution in [0.4, 0.5) is 0 Å². The average Bonchev–Trinajstić information content (AvgIpc) is 2.26. The normalized spacial score (nSPS) is 14.9. The second-order valence-electron chi connectivity index (χ2n) is 3.32. The van der Waals surface area contributed by atoms with Crippen molar-refractivity contribution in [3.63, 3.8) is 0 Å². The maximum Gasteiger partial charge on any atom is 0.0963 e. The number of ether oxygens (including phenoxy) is 1. The van der Waals surface area contributed by atoms with Gasteiger partial charge in [-0.05, 0) is 24.6 Å². The molecule has 0 bridgehead atoms. The minimum absolute atomic E-state index is 0.348. The zero-order valence-corrected chi connectivity index (χ0v) is 9.45. The molecule has 15 heavy (non-hydrogen) atoms. The molecule has 0 radical (unpaired) electrons. The van der Waals surface area contributed by atoms with Crippen molar-refractivity contribution >= 4 is 11.6 Å². The molecule has 84 valence electrons. The molecule has 0 aliphatic rings. The van der Waals surface area contributed by atoms with E-state index in [4.69, 9.17) is 22.1 Å². The van der Waals surface area contributed by atoms with Crippen molar-refractivity contribution in [3.05, 3.63) is 34.9 Å². The average molecular weight is 230 g/mol. The van der Waals surface area contributed by atoms with Gasteiger partial charge in [-0.25, -0.2) is 0 Å². The van der Waals surface area contributed by atoms with E-state index in [1.54, 1.807) is 24.3 Å². The molecule has 2 unspecified atom stereocenters. The second kappa shape index (κ2) is 6.08. The van der Waals surface area contributed by atoms with Crippen LogP contribution in [0.25, 0.3) is 0 Å². The zero-order valence-electron chi connectivity index (χ0n) is 8.69. The number of aliphatic hydroxyl groups is 1. The Morgan fingerprint density at radius 1 is 1.40 bits per heavy atom. The van der Waals surface area contributed by atoms with Crippen molar-refractivity contribution < 1.29 is 9.84 Å². The summed E-state index contributed by atoms with van der Waals surface area (Å²) in [7, 11) is 0. The van der Waals surface area contributed by atoms with Crippen molar-refractivity contribution in [1.82, 2.24) is 0 Å². The Morgan fingerprint density at radius 3 is 2.53 bits per heavy atom. The molecule has 3 nitrogen and oxygen atoms in total. The second-order valence-corrected chi connectivity index (χ2v) is 3.76. The molecule has 2 atom stereocenters. The van der Waals surface area contributed by atoms with Crippen LogP contribution in [0.2, 0.25) is 5.02 Å². The Morgan fingerprint density at radius 2 is 2.00 bits per heavy atom. The third-order valence-corrected chi connectivity index (χ3v) is 2.38. The van der Waals surface area contributed by atoms with Gasteiger partial charge in [0.2, 0.25) is 0 Å². The highest BCUT2D eigenvalue weighted by molar-refractivity contribution is 6.30. The standard InChI is InChI=1S/C11H16ClNO2/c1-2-15-7-10(13)11(14)8-3-5-9(12)6-4-8/h3-6,10-11,14H,2,7,13H2,1H3. The summed E-state index contributed by atoms with van der Waals surface area (Å²) < 4.78 is 5.15. The van der Waals surface area contributed by atoms with E-state index in [1.807, 2.05) is 6.92 Å². The molecule has 4 heteroatoms. The Balaban J connectivity index is 2.59. The van der Waals surface area contributed by atoms with Gasteiger partial charge in [-0.1, -0.05) is 23.7 Å². The first kappa shape index (κ1) is 12.5. The lowest BCUT2D eigenvalue weighted by Crippen LogP contribution is -2.33. The van der Waals surface area contributed by atoms with Crippen LogP contribution in [0.1, 0.15) is 18.6 Å². The fourth-order valence-corrected chi connectivity index (χ4v) is 1.38. The molecule has 0 saturated heterocycles. The summed E-state index contributed by atoms with van der Waals surface area (Å²) >= 11 is 5.74. The van der Waals surface area contributed by atoms with E-state index < -0.39 is 12.1 Å². The molecule has 0 fully saturated rings. The molecular formula is C11H16ClNO2. The lowest BCUT2D eigenvalue weighted by Gasteiger charge is -2.18. The summed E-state index contributed by atoms with van der Waals surface area (Å²) in [4.78, 5) is 0. The van der Waals surface area contributed by atoms with Crippen LogP contribution in [0.15, 0.2) is 24.3 Å². The van der Waals surface area contributed by atoms with Gasteiger partial charge in [0.1, 0.15) is 0 Å². The first-order valence-electron chi connectivity index (χ1n) is 4.92. The van der Waals surface area contributed by atoms with Crippen molar-refractivity contribution in [2.24, 2.45) is 5.73 Å². The van der Waals surface area contributed by atoms with Crippen LogP contribution in [0, 0.1) is 0 Å². The fourth-order valence-electron chi connectivity index (χ4n) is 1.25. The third kappa shape index (κ3) is 3.80. The molecule has 1 rings (SSSR count). The summed E-state index contributed by atoms with van der Waals surface area (Å²) in [5, 5.41) is 10.5. The van der Waals surface area contributed by atoms with Crippen LogP contribution >= 0.6 is 11.6 Å². The van der Waals surface area contributed by atoms with Crippen molar-refractivity contribution in [1.29, 1.82) is 0 Å². The summed E-state index contributed by atoms with van der Waals surface area (Å²) in [5.41, 5.74) is 6.52. The number of hydrogen-bond acceptors (Lipinski definition) is 3.